The summed E-state index contributed by atoms with van der Waals surface area (Å²) in [5, 5.41) is 14.3. The summed E-state index contributed by atoms with van der Waals surface area (Å²) < 4.78 is 22.7. The molecule has 88 valence electrons. The minimum Gasteiger partial charge on any atom is -0.409 e. The first-order valence-electron chi connectivity index (χ1n) is 4.88. The molecule has 7 heteroatoms. The molecule has 1 fully saturated rings. The molecule has 0 aliphatic carbocycles. The number of hydrogen-bond acceptors (Lipinski definition) is 5. The molecule has 1 rings (SSSR count). The summed E-state index contributed by atoms with van der Waals surface area (Å²) in [5.74, 6) is 0.470. The van der Waals surface area contributed by atoms with Crippen molar-refractivity contribution in [3.63, 3.8) is 0 Å². The van der Waals surface area contributed by atoms with E-state index in [0.29, 0.717) is 6.42 Å². The summed E-state index contributed by atoms with van der Waals surface area (Å²) in [7, 11) is -2.92. The van der Waals surface area contributed by atoms with Crippen LogP contribution in [0.2, 0.25) is 0 Å². The molecule has 1 heterocycles. The van der Waals surface area contributed by atoms with Crippen LogP contribution in [0.15, 0.2) is 5.16 Å². The maximum absolute atomic E-state index is 11.3. The average molecular weight is 235 g/mol. The molecule has 0 aromatic carbocycles. The zero-order valence-corrected chi connectivity index (χ0v) is 9.50. The highest BCUT2D eigenvalue weighted by Gasteiger charge is 2.26. The molecule has 0 bridgehead atoms. The van der Waals surface area contributed by atoms with Crippen LogP contribution in [0.5, 0.6) is 0 Å². The monoisotopic (exact) mass is 235 g/mol. The summed E-state index contributed by atoms with van der Waals surface area (Å²) in [6, 6.07) is -0.410. The predicted octanol–water partition coefficient (Wildman–Crippen LogP) is -0.712. The fourth-order valence-corrected chi connectivity index (χ4v) is 3.33. The van der Waals surface area contributed by atoms with Gasteiger partial charge in [0.2, 0.25) is 0 Å². The van der Waals surface area contributed by atoms with Crippen LogP contribution < -0.4 is 11.1 Å². The van der Waals surface area contributed by atoms with Gasteiger partial charge in [0.25, 0.3) is 0 Å². The fourth-order valence-electron chi connectivity index (χ4n) is 1.68. The number of rotatable bonds is 3. The van der Waals surface area contributed by atoms with Crippen molar-refractivity contribution in [2.24, 2.45) is 10.9 Å². The lowest BCUT2D eigenvalue weighted by atomic mass is 10.1. The molecule has 0 aromatic rings. The van der Waals surface area contributed by atoms with E-state index in [1.807, 2.05) is 0 Å². The number of nitrogens with one attached hydrogen (secondary N) is 1. The third-order valence-electron chi connectivity index (χ3n) is 2.51. The lowest BCUT2D eigenvalue weighted by Gasteiger charge is -2.25. The topological polar surface area (TPSA) is 105 Å². The summed E-state index contributed by atoms with van der Waals surface area (Å²) in [5.41, 5.74) is 5.39. The number of nitrogens with two attached hydrogens (primary N) is 1. The molecule has 15 heavy (non-hydrogen) atoms. The maximum Gasteiger partial charge on any atom is 0.156 e. The molecule has 1 saturated heterocycles. The van der Waals surface area contributed by atoms with Crippen LogP contribution in [-0.4, -0.2) is 43.1 Å². The predicted molar refractivity (Wildman–Crippen MR) is 57.7 cm³/mol. The Kier molecular flexibility index (Phi) is 3.92. The lowest BCUT2D eigenvalue weighted by molar-refractivity contribution is 0.314. The molecule has 4 N–H and O–H groups in total. The average Bonchev–Trinajstić information content (AvgIpc) is 2.14. The van der Waals surface area contributed by atoms with Gasteiger partial charge in [-0.05, 0) is 19.8 Å². The van der Waals surface area contributed by atoms with Gasteiger partial charge in [-0.25, -0.2) is 8.42 Å². The normalized spacial score (nSPS) is 28.6. The van der Waals surface area contributed by atoms with Gasteiger partial charge < -0.3 is 16.3 Å². The zero-order valence-electron chi connectivity index (χ0n) is 8.68. The molecule has 0 amide bonds. The number of nitrogens with zero attached hydrogens (tertiary/aromatic N) is 1. The summed E-state index contributed by atoms with van der Waals surface area (Å²) >= 11 is 0. The summed E-state index contributed by atoms with van der Waals surface area (Å²) in [6.45, 7) is 1.73. The lowest BCUT2D eigenvalue weighted by Crippen LogP contribution is -2.49. The van der Waals surface area contributed by atoms with Gasteiger partial charge in [-0.2, -0.15) is 0 Å². The van der Waals surface area contributed by atoms with E-state index in [2.05, 4.69) is 10.5 Å². The van der Waals surface area contributed by atoms with Crippen molar-refractivity contribution in [2.75, 3.05) is 11.5 Å². The second kappa shape index (κ2) is 4.80. The first-order chi connectivity index (χ1) is 6.94. The Morgan fingerprint density at radius 1 is 1.67 bits per heavy atom. The van der Waals surface area contributed by atoms with Gasteiger partial charge in [-0.1, -0.05) is 5.16 Å². The Morgan fingerprint density at radius 3 is 2.87 bits per heavy atom. The van der Waals surface area contributed by atoms with E-state index >= 15 is 0 Å². The number of sulfone groups is 1. The van der Waals surface area contributed by atoms with Crippen molar-refractivity contribution in [3.8, 4) is 0 Å². The van der Waals surface area contributed by atoms with Crippen LogP contribution in [-0.2, 0) is 9.84 Å². The van der Waals surface area contributed by atoms with E-state index in [9.17, 15) is 8.42 Å². The van der Waals surface area contributed by atoms with Crippen molar-refractivity contribution in [3.05, 3.63) is 0 Å². The smallest absolute Gasteiger partial charge is 0.156 e. The number of hydrogen-bond donors (Lipinski definition) is 3. The van der Waals surface area contributed by atoms with Crippen LogP contribution >= 0.6 is 0 Å². The van der Waals surface area contributed by atoms with E-state index in [1.54, 1.807) is 6.92 Å². The number of oxime groups is 1. The van der Waals surface area contributed by atoms with E-state index in [-0.39, 0.29) is 29.4 Å². The van der Waals surface area contributed by atoms with Crippen LogP contribution in [0.1, 0.15) is 19.8 Å². The van der Waals surface area contributed by atoms with Crippen LogP contribution in [0.25, 0.3) is 0 Å². The van der Waals surface area contributed by atoms with Gasteiger partial charge >= 0.3 is 0 Å². The van der Waals surface area contributed by atoms with E-state index < -0.39 is 9.84 Å². The molecule has 1 aliphatic rings. The van der Waals surface area contributed by atoms with Crippen LogP contribution in [0.3, 0.4) is 0 Å². The Morgan fingerprint density at radius 2 is 2.33 bits per heavy atom. The highest BCUT2D eigenvalue weighted by atomic mass is 32.2. The quantitative estimate of drug-likeness (QED) is 0.259. The van der Waals surface area contributed by atoms with E-state index in [0.717, 1.165) is 6.42 Å². The molecular formula is C8H17N3O3S. The van der Waals surface area contributed by atoms with Crippen LogP contribution in [0.4, 0.5) is 0 Å². The van der Waals surface area contributed by atoms with Gasteiger partial charge in [-0.3, -0.25) is 0 Å². The summed E-state index contributed by atoms with van der Waals surface area (Å²) in [4.78, 5) is 0. The van der Waals surface area contributed by atoms with Crippen molar-refractivity contribution in [1.29, 1.82) is 0 Å². The van der Waals surface area contributed by atoms with Crippen molar-refractivity contribution < 1.29 is 13.6 Å². The Balaban J connectivity index is 2.52. The van der Waals surface area contributed by atoms with Gasteiger partial charge in [0.15, 0.2) is 15.7 Å². The van der Waals surface area contributed by atoms with E-state index in [4.69, 9.17) is 10.9 Å². The van der Waals surface area contributed by atoms with Crippen molar-refractivity contribution in [2.45, 2.75) is 31.8 Å². The first-order valence-corrected chi connectivity index (χ1v) is 6.70. The van der Waals surface area contributed by atoms with Gasteiger partial charge in [0, 0.05) is 6.04 Å². The molecule has 2 unspecified atom stereocenters. The highest BCUT2D eigenvalue weighted by Crippen LogP contribution is 2.12. The molecule has 6 nitrogen and oxygen atoms in total. The SMILES string of the molecule is CC(NC1CCCS(=O)(=O)C1)C(N)=NO. The molecule has 0 saturated carbocycles. The molecule has 0 spiro atoms. The van der Waals surface area contributed by atoms with Gasteiger partial charge in [-0.15, -0.1) is 0 Å². The van der Waals surface area contributed by atoms with Crippen molar-refractivity contribution in [1.82, 2.24) is 5.32 Å². The maximum atomic E-state index is 11.3. The number of amidine groups is 1. The van der Waals surface area contributed by atoms with Gasteiger partial charge in [0.05, 0.1) is 17.5 Å². The second-order valence-electron chi connectivity index (χ2n) is 3.87. The standard InChI is InChI=1S/C8H17N3O3S/c1-6(8(9)11-12)10-7-3-2-4-15(13,14)5-7/h6-7,10,12H,2-5H2,1H3,(H2,9,11). The second-order valence-corrected chi connectivity index (χ2v) is 6.10. The minimum atomic E-state index is -2.92. The Labute approximate surface area is 89.4 Å². The third kappa shape index (κ3) is 3.67. The Bertz CT molecular complexity index is 339. The highest BCUT2D eigenvalue weighted by molar-refractivity contribution is 7.91. The molecule has 1 aliphatic heterocycles. The molecule has 0 radical (unpaired) electrons. The van der Waals surface area contributed by atoms with E-state index in [1.165, 1.54) is 0 Å². The third-order valence-corrected chi connectivity index (χ3v) is 4.33. The summed E-state index contributed by atoms with van der Waals surface area (Å²) in [6.07, 6.45) is 1.48. The van der Waals surface area contributed by atoms with Crippen molar-refractivity contribution >= 4 is 15.7 Å². The Hall–Kier alpha value is -0.820. The molecule has 2 atom stereocenters. The minimum absolute atomic E-state index is 0.0676. The van der Waals surface area contributed by atoms with Crippen LogP contribution in [0, 0.1) is 0 Å². The molecular weight excluding hydrogens is 218 g/mol. The van der Waals surface area contributed by atoms with Gasteiger partial charge in [0.1, 0.15) is 0 Å². The largest absolute Gasteiger partial charge is 0.409 e. The molecule has 0 aromatic heterocycles. The fraction of sp³-hybridized carbons (Fsp3) is 0.875. The first kappa shape index (κ1) is 12.3. The zero-order chi connectivity index (χ0) is 11.5.